The zero-order valence-electron chi connectivity index (χ0n) is 15.4. The van der Waals surface area contributed by atoms with Crippen molar-refractivity contribution in [2.45, 2.75) is 38.1 Å². The first-order valence-electron chi connectivity index (χ1n) is 10.1. The molecule has 25 heavy (non-hydrogen) atoms. The fourth-order valence-corrected chi connectivity index (χ4v) is 6.67. The molecule has 6 rings (SSSR count). The van der Waals surface area contributed by atoms with Crippen molar-refractivity contribution < 1.29 is 4.74 Å². The van der Waals surface area contributed by atoms with E-state index < -0.39 is 0 Å². The fourth-order valence-electron chi connectivity index (χ4n) is 6.67. The summed E-state index contributed by atoms with van der Waals surface area (Å²) in [7, 11) is 1.69. The minimum atomic E-state index is 0.721. The van der Waals surface area contributed by atoms with E-state index in [9.17, 15) is 0 Å². The van der Waals surface area contributed by atoms with Gasteiger partial charge in [-0.1, -0.05) is 0 Å². The molecular formula is C21H31N3O. The topological polar surface area (TPSA) is 41.7 Å². The Hall–Kier alpha value is -1.42. The van der Waals surface area contributed by atoms with Crippen LogP contribution in [0.25, 0.3) is 0 Å². The van der Waals surface area contributed by atoms with Crippen molar-refractivity contribution in [1.82, 2.24) is 4.90 Å². The molecule has 4 bridgehead atoms. The molecular weight excluding hydrogens is 310 g/mol. The van der Waals surface area contributed by atoms with E-state index in [4.69, 9.17) is 10.5 Å². The SMILES string of the molecule is COc1cc(N2CCN(C3C4CC5CC(C4)CC3C5)CC2)ccc1N. The van der Waals surface area contributed by atoms with Crippen LogP contribution < -0.4 is 15.4 Å². The van der Waals surface area contributed by atoms with Gasteiger partial charge in [0.1, 0.15) is 5.75 Å². The van der Waals surface area contributed by atoms with Crippen molar-refractivity contribution in [1.29, 1.82) is 0 Å². The second-order valence-electron chi connectivity index (χ2n) is 8.87. The summed E-state index contributed by atoms with van der Waals surface area (Å²) in [6.07, 6.45) is 7.63. The minimum Gasteiger partial charge on any atom is -0.495 e. The lowest BCUT2D eigenvalue weighted by Crippen LogP contribution is -2.60. The molecule has 4 nitrogen and oxygen atoms in total. The van der Waals surface area contributed by atoms with E-state index in [0.717, 1.165) is 54.2 Å². The predicted molar refractivity (Wildman–Crippen MR) is 102 cm³/mol. The molecule has 0 radical (unpaired) electrons. The van der Waals surface area contributed by atoms with Gasteiger partial charge in [-0.3, -0.25) is 4.90 Å². The summed E-state index contributed by atoms with van der Waals surface area (Å²) in [5.74, 6) is 4.93. The van der Waals surface area contributed by atoms with Crippen LogP contribution >= 0.6 is 0 Å². The Morgan fingerprint density at radius 2 is 1.56 bits per heavy atom. The number of rotatable bonds is 3. The molecule has 5 aliphatic rings. The number of anilines is 2. The Kier molecular flexibility index (Phi) is 3.85. The maximum absolute atomic E-state index is 5.96. The summed E-state index contributed by atoms with van der Waals surface area (Å²) in [5.41, 5.74) is 7.93. The first kappa shape index (κ1) is 15.8. The van der Waals surface area contributed by atoms with E-state index in [-0.39, 0.29) is 0 Å². The number of hydrogen-bond acceptors (Lipinski definition) is 4. The van der Waals surface area contributed by atoms with Crippen molar-refractivity contribution in [2.75, 3.05) is 43.9 Å². The Balaban J connectivity index is 1.26. The summed E-state index contributed by atoms with van der Waals surface area (Å²) in [4.78, 5) is 5.34. The average molecular weight is 341 g/mol. The monoisotopic (exact) mass is 341 g/mol. The maximum Gasteiger partial charge on any atom is 0.143 e. The van der Waals surface area contributed by atoms with Crippen LogP contribution in [0.15, 0.2) is 18.2 Å². The summed E-state index contributed by atoms with van der Waals surface area (Å²) in [6.45, 7) is 4.66. The van der Waals surface area contributed by atoms with Crippen LogP contribution in [0.1, 0.15) is 32.1 Å². The third-order valence-electron chi connectivity index (χ3n) is 7.50. The lowest BCUT2D eigenvalue weighted by Gasteiger charge is -2.58. The Morgan fingerprint density at radius 3 is 2.16 bits per heavy atom. The highest BCUT2D eigenvalue weighted by Gasteiger charge is 2.50. The molecule has 4 saturated carbocycles. The van der Waals surface area contributed by atoms with Crippen molar-refractivity contribution in [3.8, 4) is 5.75 Å². The molecule has 136 valence electrons. The van der Waals surface area contributed by atoms with Crippen LogP contribution in [-0.4, -0.2) is 44.2 Å². The molecule has 4 aliphatic carbocycles. The Labute approximate surface area is 151 Å². The summed E-state index contributed by atoms with van der Waals surface area (Å²) in [6, 6.07) is 7.08. The number of nitrogen functional groups attached to an aromatic ring is 1. The van der Waals surface area contributed by atoms with Gasteiger partial charge in [0.15, 0.2) is 0 Å². The number of benzene rings is 1. The first-order chi connectivity index (χ1) is 12.2. The zero-order valence-corrected chi connectivity index (χ0v) is 15.4. The highest BCUT2D eigenvalue weighted by Crippen LogP contribution is 2.55. The highest BCUT2D eigenvalue weighted by molar-refractivity contribution is 5.62. The van der Waals surface area contributed by atoms with Crippen molar-refractivity contribution in [2.24, 2.45) is 23.7 Å². The minimum absolute atomic E-state index is 0.721. The lowest BCUT2D eigenvalue weighted by atomic mass is 9.54. The van der Waals surface area contributed by atoms with Gasteiger partial charge >= 0.3 is 0 Å². The van der Waals surface area contributed by atoms with Crippen LogP contribution in [0.4, 0.5) is 11.4 Å². The normalized spacial score (nSPS) is 37.5. The van der Waals surface area contributed by atoms with Gasteiger partial charge in [-0.2, -0.15) is 0 Å². The Bertz CT molecular complexity index is 610. The van der Waals surface area contributed by atoms with Gasteiger partial charge < -0.3 is 15.4 Å². The second-order valence-corrected chi connectivity index (χ2v) is 8.87. The smallest absolute Gasteiger partial charge is 0.143 e. The molecule has 2 N–H and O–H groups in total. The molecule has 0 atom stereocenters. The molecule has 1 aromatic rings. The number of hydrogen-bond donors (Lipinski definition) is 1. The van der Waals surface area contributed by atoms with Crippen molar-refractivity contribution in [3.63, 3.8) is 0 Å². The molecule has 0 aromatic heterocycles. The van der Waals surface area contributed by atoms with Crippen LogP contribution in [0.2, 0.25) is 0 Å². The zero-order chi connectivity index (χ0) is 17.0. The summed E-state index contributed by atoms with van der Waals surface area (Å²) >= 11 is 0. The van der Waals surface area contributed by atoms with Gasteiger partial charge in [0, 0.05) is 44.0 Å². The van der Waals surface area contributed by atoms with Gasteiger partial charge in [0.2, 0.25) is 0 Å². The fraction of sp³-hybridized carbons (Fsp3) is 0.714. The Morgan fingerprint density at radius 1 is 0.920 bits per heavy atom. The van der Waals surface area contributed by atoms with Gasteiger partial charge in [0.25, 0.3) is 0 Å². The van der Waals surface area contributed by atoms with E-state index in [1.807, 2.05) is 6.07 Å². The molecule has 1 aliphatic heterocycles. The van der Waals surface area contributed by atoms with Crippen LogP contribution in [-0.2, 0) is 0 Å². The van der Waals surface area contributed by atoms with Gasteiger partial charge in [0.05, 0.1) is 12.8 Å². The van der Waals surface area contributed by atoms with E-state index in [1.54, 1.807) is 13.5 Å². The number of nitrogens with zero attached hydrogens (tertiary/aromatic N) is 2. The quantitative estimate of drug-likeness (QED) is 0.857. The van der Waals surface area contributed by atoms with E-state index in [0.29, 0.717) is 0 Å². The van der Waals surface area contributed by atoms with Crippen LogP contribution in [0.3, 0.4) is 0 Å². The second kappa shape index (κ2) is 6.08. The largest absolute Gasteiger partial charge is 0.495 e. The summed E-state index contributed by atoms with van der Waals surface area (Å²) in [5, 5.41) is 0. The van der Waals surface area contributed by atoms with Crippen molar-refractivity contribution in [3.05, 3.63) is 18.2 Å². The molecule has 1 aromatic carbocycles. The van der Waals surface area contributed by atoms with Crippen LogP contribution in [0, 0.1) is 23.7 Å². The van der Waals surface area contributed by atoms with Gasteiger partial charge in [-0.05, 0) is 67.9 Å². The third-order valence-corrected chi connectivity index (χ3v) is 7.50. The number of methoxy groups -OCH3 is 1. The number of piperazine rings is 1. The lowest BCUT2D eigenvalue weighted by molar-refractivity contribution is -0.0665. The first-order valence-corrected chi connectivity index (χ1v) is 10.1. The van der Waals surface area contributed by atoms with E-state index in [1.165, 1.54) is 44.5 Å². The maximum atomic E-state index is 5.96. The number of ether oxygens (including phenoxy) is 1. The molecule has 0 amide bonds. The molecule has 1 heterocycles. The van der Waals surface area contributed by atoms with Gasteiger partial charge in [-0.25, -0.2) is 0 Å². The molecule has 0 spiro atoms. The predicted octanol–water partition coefficient (Wildman–Crippen LogP) is 3.22. The molecule has 0 unspecified atom stereocenters. The van der Waals surface area contributed by atoms with E-state index >= 15 is 0 Å². The van der Waals surface area contributed by atoms with E-state index in [2.05, 4.69) is 21.9 Å². The highest BCUT2D eigenvalue weighted by atomic mass is 16.5. The van der Waals surface area contributed by atoms with Gasteiger partial charge in [-0.15, -0.1) is 0 Å². The molecule has 4 heteroatoms. The summed E-state index contributed by atoms with van der Waals surface area (Å²) < 4.78 is 5.40. The molecule has 1 saturated heterocycles. The average Bonchev–Trinajstić information content (AvgIpc) is 2.62. The standard InChI is InChI=1S/C21H31N3O/c1-25-20-13-18(2-3-19(20)22)23-4-6-24(7-5-23)21-16-9-14-8-15(11-16)12-17(21)10-14/h2-3,13-17,21H,4-12,22H2,1H3. The third kappa shape index (κ3) is 2.69. The number of nitrogens with two attached hydrogens (primary N) is 1. The van der Waals surface area contributed by atoms with Crippen LogP contribution in [0.5, 0.6) is 5.75 Å². The molecule has 5 fully saturated rings. The van der Waals surface area contributed by atoms with Crippen molar-refractivity contribution >= 4 is 11.4 Å².